The van der Waals surface area contributed by atoms with E-state index in [2.05, 4.69) is 10.9 Å². The minimum absolute atomic E-state index is 0.243. The third-order valence-corrected chi connectivity index (χ3v) is 4.33. The van der Waals surface area contributed by atoms with Gasteiger partial charge in [0.15, 0.2) is 0 Å². The number of amides is 1. The molecule has 2 rings (SSSR count). The van der Waals surface area contributed by atoms with Crippen LogP contribution in [0.4, 0.5) is 0 Å². The Balaban J connectivity index is 2.60. The van der Waals surface area contributed by atoms with E-state index in [1.807, 2.05) is 12.1 Å². The van der Waals surface area contributed by atoms with Crippen molar-refractivity contribution in [2.45, 2.75) is 0 Å². The van der Waals surface area contributed by atoms with Gasteiger partial charge >= 0.3 is 76.8 Å². The Morgan fingerprint density at radius 3 is 3.00 bits per heavy atom. The van der Waals surface area contributed by atoms with Gasteiger partial charge in [0.25, 0.3) is 0 Å². The predicted octanol–water partition coefficient (Wildman–Crippen LogP) is -0.168. The third-order valence-electron chi connectivity index (χ3n) is 1.85. The Morgan fingerprint density at radius 2 is 2.25 bits per heavy atom. The molecule has 1 aromatic carbocycles. The maximum absolute atomic E-state index is 11.0. The van der Waals surface area contributed by atoms with E-state index in [4.69, 9.17) is 5.73 Å². The van der Waals surface area contributed by atoms with Crippen molar-refractivity contribution in [1.29, 1.82) is 0 Å². The summed E-state index contributed by atoms with van der Waals surface area (Å²) in [6.07, 6.45) is 2.07. The van der Waals surface area contributed by atoms with Crippen LogP contribution in [-0.4, -0.2) is 21.7 Å². The van der Waals surface area contributed by atoms with Crippen LogP contribution < -0.4 is 10.1 Å². The van der Waals surface area contributed by atoms with Gasteiger partial charge in [-0.25, -0.2) is 0 Å². The molecule has 12 heavy (non-hydrogen) atoms. The molecule has 0 aromatic heterocycles. The summed E-state index contributed by atoms with van der Waals surface area (Å²) in [7, 11) is 0. The van der Waals surface area contributed by atoms with Crippen LogP contribution in [0.25, 0.3) is 6.08 Å². The molecule has 1 atom stereocenters. The van der Waals surface area contributed by atoms with Crippen molar-refractivity contribution in [3.8, 4) is 0 Å². The summed E-state index contributed by atoms with van der Waals surface area (Å²) in [4.78, 5) is 13.1. The molecular weight excluding hydrogens is 213 g/mol. The van der Waals surface area contributed by atoms with Gasteiger partial charge in [-0.3, -0.25) is 0 Å². The van der Waals surface area contributed by atoms with Crippen LogP contribution in [0, 0.1) is 0 Å². The quantitative estimate of drug-likeness (QED) is 0.657. The molecule has 1 aliphatic heterocycles. The minimum atomic E-state index is -0.306. The second-order valence-electron chi connectivity index (χ2n) is 2.61. The van der Waals surface area contributed by atoms with E-state index >= 15 is 0 Å². The molecule has 1 amide bonds. The van der Waals surface area contributed by atoms with Crippen LogP contribution in [0.3, 0.4) is 0 Å². The van der Waals surface area contributed by atoms with Crippen molar-refractivity contribution < 1.29 is 4.79 Å². The van der Waals surface area contributed by atoms with Gasteiger partial charge in [-0.1, -0.05) is 0 Å². The molecule has 0 saturated heterocycles. The summed E-state index contributed by atoms with van der Waals surface area (Å²) in [5.41, 5.74) is 7.12. The van der Waals surface area contributed by atoms with E-state index in [0.29, 0.717) is 5.56 Å². The van der Waals surface area contributed by atoms with Crippen LogP contribution in [-0.2, 0) is 0 Å². The van der Waals surface area contributed by atoms with Gasteiger partial charge in [0.05, 0.1) is 0 Å². The Labute approximate surface area is 77.1 Å². The Hall–Kier alpha value is -1.01. The zero-order valence-corrected chi connectivity index (χ0v) is 8.47. The first-order valence-corrected chi connectivity index (χ1v) is 5.91. The number of hydrogen-bond donors (Lipinski definition) is 1. The topological polar surface area (TPSA) is 43.1 Å². The van der Waals surface area contributed by atoms with Crippen LogP contribution in [0.2, 0.25) is 0 Å². The number of rotatable bonds is 1. The van der Waals surface area contributed by atoms with E-state index in [0.717, 1.165) is 0 Å². The first-order valence-electron chi connectivity index (χ1n) is 3.65. The predicted molar refractivity (Wildman–Crippen MR) is 50.8 cm³/mol. The molecular formula is C9H8AsNO. The van der Waals surface area contributed by atoms with Crippen molar-refractivity contribution in [2.75, 3.05) is 0 Å². The SMILES string of the molecule is NC(=O)c1cccc2c1[AsH]C=C2. The summed E-state index contributed by atoms with van der Waals surface area (Å²) in [5, 5.41) is 0. The van der Waals surface area contributed by atoms with E-state index < -0.39 is 0 Å². The molecule has 0 aliphatic carbocycles. The van der Waals surface area contributed by atoms with Crippen LogP contribution >= 0.6 is 0 Å². The monoisotopic (exact) mass is 221 g/mol. The third kappa shape index (κ3) is 1.09. The molecule has 1 unspecified atom stereocenters. The zero-order valence-electron chi connectivity index (χ0n) is 6.37. The summed E-state index contributed by atoms with van der Waals surface area (Å²) in [5.74, 6) is -0.306. The summed E-state index contributed by atoms with van der Waals surface area (Å²) in [6, 6.07) is 5.70. The second kappa shape index (κ2) is 2.80. The molecule has 3 heteroatoms. The molecule has 1 aliphatic rings. The fourth-order valence-corrected chi connectivity index (χ4v) is 3.65. The van der Waals surface area contributed by atoms with Gasteiger partial charge in [0.1, 0.15) is 0 Å². The standard InChI is InChI=1S/C9H8AsNO/c11-9(12)7-3-1-2-6-4-5-10-8(6)7/h1-5,10H,(H2,11,12). The van der Waals surface area contributed by atoms with Crippen LogP contribution in [0.15, 0.2) is 23.1 Å². The fourth-order valence-electron chi connectivity index (χ4n) is 1.29. The first kappa shape index (κ1) is 7.63. The van der Waals surface area contributed by atoms with Crippen molar-refractivity contribution in [3.05, 3.63) is 34.2 Å². The first-order chi connectivity index (χ1) is 5.79. The van der Waals surface area contributed by atoms with Crippen molar-refractivity contribution in [1.82, 2.24) is 0 Å². The Kier molecular flexibility index (Phi) is 1.78. The van der Waals surface area contributed by atoms with E-state index in [9.17, 15) is 4.79 Å². The molecule has 1 aromatic rings. The van der Waals surface area contributed by atoms with Gasteiger partial charge < -0.3 is 0 Å². The summed E-state index contributed by atoms with van der Waals surface area (Å²) < 4.78 is 1.19. The van der Waals surface area contributed by atoms with Gasteiger partial charge in [0, 0.05) is 0 Å². The summed E-state index contributed by atoms with van der Waals surface area (Å²) >= 11 is -0.243. The number of fused-ring (bicyclic) bond motifs is 1. The zero-order chi connectivity index (χ0) is 8.55. The second-order valence-corrected chi connectivity index (χ2v) is 4.97. The molecule has 60 valence electrons. The normalized spacial score (nSPS) is 15.0. The summed E-state index contributed by atoms with van der Waals surface area (Å²) in [6.45, 7) is 0. The van der Waals surface area contributed by atoms with E-state index in [1.54, 1.807) is 6.07 Å². The van der Waals surface area contributed by atoms with Gasteiger partial charge in [-0.05, 0) is 0 Å². The number of carbonyl (C=O) groups is 1. The van der Waals surface area contributed by atoms with Crippen molar-refractivity contribution in [2.24, 2.45) is 5.73 Å². The van der Waals surface area contributed by atoms with E-state index in [-0.39, 0.29) is 21.7 Å². The maximum atomic E-state index is 11.0. The van der Waals surface area contributed by atoms with Gasteiger partial charge in [-0.15, -0.1) is 0 Å². The van der Waals surface area contributed by atoms with E-state index in [1.165, 1.54) is 9.91 Å². The average Bonchev–Trinajstić information content (AvgIpc) is 2.49. The molecule has 2 N–H and O–H groups in total. The van der Waals surface area contributed by atoms with Crippen LogP contribution in [0.5, 0.6) is 0 Å². The molecule has 0 radical (unpaired) electrons. The number of hydrogen-bond acceptors (Lipinski definition) is 1. The molecule has 2 nitrogen and oxygen atoms in total. The molecule has 0 bridgehead atoms. The molecule has 0 saturated carbocycles. The van der Waals surface area contributed by atoms with Gasteiger partial charge in [-0.2, -0.15) is 0 Å². The van der Waals surface area contributed by atoms with Crippen LogP contribution in [0.1, 0.15) is 15.9 Å². The number of nitrogens with two attached hydrogens (primary N) is 1. The van der Waals surface area contributed by atoms with Crippen molar-refractivity contribution in [3.63, 3.8) is 0 Å². The number of benzene rings is 1. The molecule has 0 spiro atoms. The number of carbonyl (C=O) groups excluding carboxylic acids is 1. The molecule has 0 fully saturated rings. The average molecular weight is 221 g/mol. The Morgan fingerprint density at radius 1 is 1.42 bits per heavy atom. The fraction of sp³-hybridized carbons (Fsp3) is 0. The Bertz CT molecular complexity index is 371. The van der Waals surface area contributed by atoms with Crippen molar-refractivity contribution >= 4 is 32.1 Å². The van der Waals surface area contributed by atoms with Gasteiger partial charge in [0.2, 0.25) is 0 Å². The molecule has 1 heterocycles. The number of primary amides is 1.